The van der Waals surface area contributed by atoms with E-state index in [9.17, 15) is 20.2 Å². The Morgan fingerprint density at radius 2 is 1.80 bits per heavy atom. The summed E-state index contributed by atoms with van der Waals surface area (Å²) in [6.07, 6.45) is 1.42. The van der Waals surface area contributed by atoms with Crippen LogP contribution in [0.5, 0.6) is 5.75 Å². The second-order valence-electron chi connectivity index (χ2n) is 7.51. The molecule has 0 saturated heterocycles. The summed E-state index contributed by atoms with van der Waals surface area (Å²) < 4.78 is 6.06. The Balaban J connectivity index is 1.55. The van der Waals surface area contributed by atoms with Gasteiger partial charge in [-0.15, -0.1) is 0 Å². The maximum absolute atomic E-state index is 12.7. The molecule has 0 aliphatic carbocycles. The molecule has 1 amide bonds. The lowest BCUT2D eigenvalue weighted by Crippen LogP contribution is -2.14. The minimum Gasteiger partial charge on any atom is -0.488 e. The molecule has 0 spiro atoms. The number of nitrogens with one attached hydrogen (secondary N) is 1. The molecular weight excluding hydrogens is 466 g/mol. The van der Waals surface area contributed by atoms with Crippen LogP contribution in [0.1, 0.15) is 11.1 Å². The van der Waals surface area contributed by atoms with Crippen molar-refractivity contribution in [3.05, 3.63) is 117 Å². The number of nitrogens with zero attached hydrogens (tertiary/aromatic N) is 2. The molecule has 0 heterocycles. The zero-order chi connectivity index (χ0) is 24.8. The number of halogens is 1. The molecule has 172 valence electrons. The summed E-state index contributed by atoms with van der Waals surface area (Å²) >= 11 is 6.05. The molecule has 8 heteroatoms. The largest absolute Gasteiger partial charge is 0.488 e. The van der Waals surface area contributed by atoms with Gasteiger partial charge in [0.15, 0.2) is 0 Å². The second-order valence-corrected chi connectivity index (χ2v) is 7.92. The molecule has 1 N–H and O–H groups in total. The van der Waals surface area contributed by atoms with Gasteiger partial charge in [0.05, 0.1) is 15.6 Å². The summed E-state index contributed by atoms with van der Waals surface area (Å²) in [5.41, 5.74) is 1.33. The van der Waals surface area contributed by atoms with E-state index in [-0.39, 0.29) is 22.0 Å². The first-order valence-corrected chi connectivity index (χ1v) is 10.9. The van der Waals surface area contributed by atoms with Gasteiger partial charge in [0.1, 0.15) is 24.0 Å². The number of para-hydroxylation sites is 1. The zero-order valence-corrected chi connectivity index (χ0v) is 19.0. The summed E-state index contributed by atoms with van der Waals surface area (Å²) in [7, 11) is 0. The van der Waals surface area contributed by atoms with E-state index in [1.807, 2.05) is 48.5 Å². The number of nitriles is 1. The lowest BCUT2D eigenvalue weighted by atomic mass is 10.1. The Morgan fingerprint density at radius 1 is 1.06 bits per heavy atom. The van der Waals surface area contributed by atoms with Crippen LogP contribution in [-0.2, 0) is 11.4 Å². The Kier molecular flexibility index (Phi) is 7.05. The Morgan fingerprint density at radius 3 is 2.57 bits per heavy atom. The van der Waals surface area contributed by atoms with Crippen LogP contribution in [-0.4, -0.2) is 10.8 Å². The van der Waals surface area contributed by atoms with Crippen LogP contribution in [0.15, 0.2) is 90.5 Å². The van der Waals surface area contributed by atoms with Crippen LogP contribution in [0.3, 0.4) is 0 Å². The number of anilines is 1. The fourth-order valence-corrected chi connectivity index (χ4v) is 3.74. The van der Waals surface area contributed by atoms with E-state index in [1.165, 1.54) is 18.2 Å². The van der Waals surface area contributed by atoms with Crippen molar-refractivity contribution in [1.82, 2.24) is 0 Å². The number of amides is 1. The molecule has 4 aromatic carbocycles. The third-order valence-corrected chi connectivity index (χ3v) is 5.57. The first-order valence-electron chi connectivity index (χ1n) is 10.5. The first kappa shape index (κ1) is 23.5. The van der Waals surface area contributed by atoms with Crippen LogP contribution in [0.25, 0.3) is 16.8 Å². The molecule has 0 fully saturated rings. The standard InChI is InChI=1S/C27H18ClN3O4/c28-24-15-22(31(33)34)12-13-25(24)30-27(32)21(16-29)14-19-7-2-4-11-26(19)35-17-20-9-5-8-18-6-1-3-10-23(18)20/h1-15H,17H2,(H,30,32)/b21-14+. The number of carbonyl (C=O) groups is 1. The number of non-ortho nitro benzene ring substituents is 1. The monoisotopic (exact) mass is 483 g/mol. The van der Waals surface area contributed by atoms with Crippen molar-refractivity contribution >= 4 is 45.7 Å². The fourth-order valence-electron chi connectivity index (χ4n) is 3.52. The van der Waals surface area contributed by atoms with Gasteiger partial charge in [-0.3, -0.25) is 14.9 Å². The van der Waals surface area contributed by atoms with Gasteiger partial charge in [-0.25, -0.2) is 0 Å². The Bertz CT molecular complexity index is 1500. The summed E-state index contributed by atoms with van der Waals surface area (Å²) in [5.74, 6) is -0.193. The Hall–Kier alpha value is -4.67. The number of fused-ring (bicyclic) bond motifs is 1. The van der Waals surface area contributed by atoms with Crippen molar-refractivity contribution < 1.29 is 14.5 Å². The van der Waals surface area contributed by atoms with Crippen molar-refractivity contribution in [3.63, 3.8) is 0 Å². The number of nitro benzene ring substituents is 1. The molecule has 4 aromatic rings. The van der Waals surface area contributed by atoms with Crippen LogP contribution in [0, 0.1) is 21.4 Å². The van der Waals surface area contributed by atoms with Crippen LogP contribution >= 0.6 is 11.6 Å². The van der Waals surface area contributed by atoms with Gasteiger partial charge in [-0.05, 0) is 34.5 Å². The van der Waals surface area contributed by atoms with Gasteiger partial charge in [-0.1, -0.05) is 72.3 Å². The van der Waals surface area contributed by atoms with Crippen molar-refractivity contribution in [2.24, 2.45) is 0 Å². The SMILES string of the molecule is N#C/C(=C\c1ccccc1OCc1cccc2ccccc12)C(=O)Nc1ccc([N+](=O)[O-])cc1Cl. The number of ether oxygens (including phenoxy) is 1. The first-order chi connectivity index (χ1) is 17.0. The molecule has 0 aromatic heterocycles. The molecule has 0 aliphatic heterocycles. The smallest absolute Gasteiger partial charge is 0.271 e. The zero-order valence-electron chi connectivity index (χ0n) is 18.3. The number of carbonyl (C=O) groups excluding carboxylic acids is 1. The third-order valence-electron chi connectivity index (χ3n) is 5.26. The third kappa shape index (κ3) is 5.46. The maximum Gasteiger partial charge on any atom is 0.271 e. The highest BCUT2D eigenvalue weighted by atomic mass is 35.5. The number of hydrogen-bond acceptors (Lipinski definition) is 5. The highest BCUT2D eigenvalue weighted by molar-refractivity contribution is 6.34. The van der Waals surface area contributed by atoms with E-state index in [0.29, 0.717) is 17.9 Å². The van der Waals surface area contributed by atoms with Gasteiger partial charge in [0.25, 0.3) is 11.6 Å². The fraction of sp³-hybridized carbons (Fsp3) is 0.0370. The number of nitro groups is 1. The quantitative estimate of drug-likeness (QED) is 0.139. The van der Waals surface area contributed by atoms with Gasteiger partial charge in [0.2, 0.25) is 0 Å². The summed E-state index contributed by atoms with van der Waals surface area (Å²) in [6.45, 7) is 0.304. The molecule has 7 nitrogen and oxygen atoms in total. The molecule has 0 unspecified atom stereocenters. The number of benzene rings is 4. The molecule has 4 rings (SSSR count). The van der Waals surface area contributed by atoms with Gasteiger partial charge in [-0.2, -0.15) is 5.26 Å². The summed E-state index contributed by atoms with van der Waals surface area (Å²) in [4.78, 5) is 23.0. The van der Waals surface area contributed by atoms with E-state index in [0.717, 1.165) is 22.4 Å². The van der Waals surface area contributed by atoms with E-state index in [1.54, 1.807) is 24.3 Å². The minimum absolute atomic E-state index is 0.0105. The minimum atomic E-state index is -0.702. The highest BCUT2D eigenvalue weighted by Gasteiger charge is 2.15. The number of rotatable bonds is 7. The van der Waals surface area contributed by atoms with Crippen molar-refractivity contribution in [1.29, 1.82) is 5.26 Å². The van der Waals surface area contributed by atoms with E-state index < -0.39 is 10.8 Å². The summed E-state index contributed by atoms with van der Waals surface area (Å²) in [5, 5.41) is 25.2. The normalized spacial score (nSPS) is 11.0. The number of hydrogen-bond donors (Lipinski definition) is 1. The average Bonchev–Trinajstić information content (AvgIpc) is 2.87. The van der Waals surface area contributed by atoms with E-state index >= 15 is 0 Å². The van der Waals surface area contributed by atoms with Crippen molar-refractivity contribution in [2.75, 3.05) is 5.32 Å². The molecular formula is C27H18ClN3O4. The predicted molar refractivity (Wildman–Crippen MR) is 135 cm³/mol. The maximum atomic E-state index is 12.7. The Labute approximate surface area is 206 Å². The molecule has 0 bridgehead atoms. The molecule has 0 radical (unpaired) electrons. The summed E-state index contributed by atoms with van der Waals surface area (Å²) in [6, 6.07) is 26.6. The molecule has 0 aliphatic rings. The van der Waals surface area contributed by atoms with Gasteiger partial charge >= 0.3 is 0 Å². The van der Waals surface area contributed by atoms with Crippen molar-refractivity contribution in [3.8, 4) is 11.8 Å². The molecule has 0 saturated carbocycles. The molecule has 0 atom stereocenters. The van der Waals surface area contributed by atoms with Crippen LogP contribution in [0.4, 0.5) is 11.4 Å². The lowest BCUT2D eigenvalue weighted by molar-refractivity contribution is -0.384. The second kappa shape index (κ2) is 10.5. The topological polar surface area (TPSA) is 105 Å². The average molecular weight is 484 g/mol. The lowest BCUT2D eigenvalue weighted by Gasteiger charge is -2.12. The highest BCUT2D eigenvalue weighted by Crippen LogP contribution is 2.28. The van der Waals surface area contributed by atoms with Crippen LogP contribution < -0.4 is 10.1 Å². The van der Waals surface area contributed by atoms with Gasteiger partial charge in [0, 0.05) is 17.7 Å². The van der Waals surface area contributed by atoms with Gasteiger partial charge < -0.3 is 10.1 Å². The molecule has 35 heavy (non-hydrogen) atoms. The predicted octanol–water partition coefficient (Wildman–Crippen LogP) is 6.53. The van der Waals surface area contributed by atoms with Crippen LogP contribution in [0.2, 0.25) is 5.02 Å². The van der Waals surface area contributed by atoms with Crippen molar-refractivity contribution in [2.45, 2.75) is 6.61 Å². The van der Waals surface area contributed by atoms with E-state index in [2.05, 4.69) is 5.32 Å². The van der Waals surface area contributed by atoms with E-state index in [4.69, 9.17) is 16.3 Å².